The van der Waals surface area contributed by atoms with Gasteiger partial charge in [-0.05, 0) is 32.3 Å². The van der Waals surface area contributed by atoms with E-state index in [0.717, 1.165) is 36.2 Å². The number of aryl methyl sites for hydroxylation is 2. The molecule has 0 saturated carbocycles. The lowest BCUT2D eigenvalue weighted by Crippen LogP contribution is -2.43. The lowest BCUT2D eigenvalue weighted by Gasteiger charge is -2.32. The van der Waals surface area contributed by atoms with Crippen LogP contribution in [0.4, 0.5) is 0 Å². The highest BCUT2D eigenvalue weighted by molar-refractivity contribution is 5.94. The molecule has 4 rings (SSSR count). The molecule has 1 fully saturated rings. The number of morpholine rings is 1. The first-order valence-corrected chi connectivity index (χ1v) is 7.99. The molecule has 0 aromatic carbocycles. The molecule has 1 N–H and O–H groups in total. The average Bonchev–Trinajstić information content (AvgIpc) is 3.18. The Balaban J connectivity index is 1.54. The van der Waals surface area contributed by atoms with Crippen LogP contribution in [-0.2, 0) is 17.6 Å². The first kappa shape index (κ1) is 14.3. The number of aromatic nitrogens is 4. The molecule has 1 unspecified atom stereocenters. The topological polar surface area (TPSA) is 84.0 Å². The quantitative estimate of drug-likeness (QED) is 0.901. The number of ether oxygens (including phenoxy) is 1. The Morgan fingerprint density at radius 3 is 3.22 bits per heavy atom. The molecule has 120 valence electrons. The molecule has 0 radical (unpaired) electrons. The SMILES string of the molecule is Cc1ccnc(C2CN(C(=O)c3n[nH]c4c3CCC4)CCO2)n1. The number of rotatable bonds is 2. The van der Waals surface area contributed by atoms with Crippen molar-refractivity contribution in [1.82, 2.24) is 25.1 Å². The van der Waals surface area contributed by atoms with Crippen LogP contribution in [0.5, 0.6) is 0 Å². The maximum Gasteiger partial charge on any atom is 0.274 e. The van der Waals surface area contributed by atoms with E-state index in [2.05, 4.69) is 20.2 Å². The maximum absolute atomic E-state index is 12.8. The third-order valence-corrected chi connectivity index (χ3v) is 4.46. The summed E-state index contributed by atoms with van der Waals surface area (Å²) in [4.78, 5) is 23.3. The Bertz CT molecular complexity index is 742. The van der Waals surface area contributed by atoms with Gasteiger partial charge in [0.05, 0.1) is 13.2 Å². The Kier molecular flexibility index (Phi) is 3.57. The molecule has 23 heavy (non-hydrogen) atoms. The number of hydrogen-bond donors (Lipinski definition) is 1. The van der Waals surface area contributed by atoms with Crippen LogP contribution in [0.15, 0.2) is 12.3 Å². The number of H-pyrrole nitrogens is 1. The zero-order valence-electron chi connectivity index (χ0n) is 13.1. The van der Waals surface area contributed by atoms with E-state index in [1.807, 2.05) is 13.0 Å². The van der Waals surface area contributed by atoms with Crippen LogP contribution < -0.4 is 0 Å². The van der Waals surface area contributed by atoms with E-state index in [4.69, 9.17) is 4.74 Å². The second-order valence-electron chi connectivity index (χ2n) is 6.05. The van der Waals surface area contributed by atoms with Crippen LogP contribution in [0.1, 0.15) is 45.8 Å². The largest absolute Gasteiger partial charge is 0.367 e. The molecule has 1 amide bonds. The number of nitrogens with one attached hydrogen (secondary N) is 1. The number of amides is 1. The summed E-state index contributed by atoms with van der Waals surface area (Å²) in [5, 5.41) is 7.24. The Labute approximate surface area is 134 Å². The Morgan fingerprint density at radius 2 is 2.35 bits per heavy atom. The second kappa shape index (κ2) is 5.73. The minimum absolute atomic E-state index is 0.0228. The highest BCUT2D eigenvalue weighted by Crippen LogP contribution is 2.26. The van der Waals surface area contributed by atoms with Crippen molar-refractivity contribution in [2.45, 2.75) is 32.3 Å². The van der Waals surface area contributed by atoms with Crippen LogP contribution >= 0.6 is 0 Å². The van der Waals surface area contributed by atoms with Crippen LogP contribution in [-0.4, -0.2) is 50.7 Å². The summed E-state index contributed by atoms with van der Waals surface area (Å²) in [6.07, 6.45) is 4.45. The summed E-state index contributed by atoms with van der Waals surface area (Å²) >= 11 is 0. The van der Waals surface area contributed by atoms with Crippen molar-refractivity contribution >= 4 is 5.91 Å². The minimum atomic E-state index is -0.278. The van der Waals surface area contributed by atoms with Crippen molar-refractivity contribution in [2.75, 3.05) is 19.7 Å². The van der Waals surface area contributed by atoms with Gasteiger partial charge >= 0.3 is 0 Å². The van der Waals surface area contributed by atoms with E-state index in [-0.39, 0.29) is 12.0 Å². The molecule has 2 aliphatic rings. The maximum atomic E-state index is 12.8. The molecule has 1 atom stereocenters. The van der Waals surface area contributed by atoms with Gasteiger partial charge in [0.25, 0.3) is 5.91 Å². The standard InChI is InChI=1S/C16H19N5O2/c1-10-5-6-17-15(18-10)13-9-21(7-8-23-13)16(22)14-11-3-2-4-12(11)19-20-14/h5-6,13H,2-4,7-9H2,1H3,(H,19,20). The zero-order valence-corrected chi connectivity index (χ0v) is 13.1. The predicted molar refractivity (Wildman–Crippen MR) is 82.0 cm³/mol. The molecule has 0 bridgehead atoms. The van der Waals surface area contributed by atoms with Crippen molar-refractivity contribution in [3.05, 3.63) is 40.7 Å². The molecule has 3 heterocycles. The third kappa shape index (κ3) is 2.61. The monoisotopic (exact) mass is 313 g/mol. The Morgan fingerprint density at radius 1 is 1.43 bits per heavy atom. The third-order valence-electron chi connectivity index (χ3n) is 4.46. The molecule has 1 saturated heterocycles. The molecular weight excluding hydrogens is 294 g/mol. The highest BCUT2D eigenvalue weighted by atomic mass is 16.5. The van der Waals surface area contributed by atoms with Gasteiger partial charge in [-0.25, -0.2) is 9.97 Å². The van der Waals surface area contributed by atoms with Crippen molar-refractivity contribution in [2.24, 2.45) is 0 Å². The van der Waals surface area contributed by atoms with Gasteiger partial charge in [0, 0.05) is 29.7 Å². The van der Waals surface area contributed by atoms with E-state index < -0.39 is 0 Å². The van der Waals surface area contributed by atoms with Crippen LogP contribution in [0, 0.1) is 6.92 Å². The lowest BCUT2D eigenvalue weighted by atomic mass is 10.1. The molecular formula is C16H19N5O2. The number of fused-ring (bicyclic) bond motifs is 1. The fourth-order valence-corrected chi connectivity index (χ4v) is 3.26. The first-order valence-electron chi connectivity index (χ1n) is 7.99. The zero-order chi connectivity index (χ0) is 15.8. The van der Waals surface area contributed by atoms with Gasteiger partial charge in [-0.3, -0.25) is 9.89 Å². The van der Waals surface area contributed by atoms with Crippen molar-refractivity contribution in [1.29, 1.82) is 0 Å². The van der Waals surface area contributed by atoms with E-state index >= 15 is 0 Å². The summed E-state index contributed by atoms with van der Waals surface area (Å²) in [6, 6.07) is 1.85. The van der Waals surface area contributed by atoms with E-state index in [1.165, 1.54) is 0 Å². The minimum Gasteiger partial charge on any atom is -0.367 e. The Hall–Kier alpha value is -2.28. The summed E-state index contributed by atoms with van der Waals surface area (Å²) in [5.41, 5.74) is 3.67. The molecule has 1 aliphatic carbocycles. The normalized spacial score (nSPS) is 20.6. The first-order chi connectivity index (χ1) is 11.2. The van der Waals surface area contributed by atoms with Gasteiger partial charge in [-0.1, -0.05) is 0 Å². The van der Waals surface area contributed by atoms with Gasteiger partial charge < -0.3 is 9.64 Å². The van der Waals surface area contributed by atoms with Gasteiger partial charge in [0.1, 0.15) is 6.10 Å². The smallest absolute Gasteiger partial charge is 0.274 e. The summed E-state index contributed by atoms with van der Waals surface area (Å²) in [6.45, 7) is 3.44. The lowest BCUT2D eigenvalue weighted by molar-refractivity contribution is -0.0271. The molecule has 7 nitrogen and oxygen atoms in total. The molecule has 1 aliphatic heterocycles. The average molecular weight is 313 g/mol. The van der Waals surface area contributed by atoms with E-state index in [0.29, 0.717) is 31.2 Å². The predicted octanol–water partition coefficient (Wildman–Crippen LogP) is 1.21. The molecule has 7 heteroatoms. The van der Waals surface area contributed by atoms with Gasteiger partial charge in [-0.15, -0.1) is 0 Å². The molecule has 2 aromatic rings. The summed E-state index contributed by atoms with van der Waals surface area (Å²) < 4.78 is 5.76. The van der Waals surface area contributed by atoms with Crippen LogP contribution in [0.25, 0.3) is 0 Å². The van der Waals surface area contributed by atoms with E-state index in [1.54, 1.807) is 11.1 Å². The highest BCUT2D eigenvalue weighted by Gasteiger charge is 2.31. The second-order valence-corrected chi connectivity index (χ2v) is 6.05. The number of carbonyl (C=O) groups excluding carboxylic acids is 1. The van der Waals surface area contributed by atoms with Gasteiger partial charge in [0.15, 0.2) is 11.5 Å². The number of aromatic amines is 1. The number of carbonyl (C=O) groups is 1. The number of nitrogens with zero attached hydrogens (tertiary/aromatic N) is 4. The van der Waals surface area contributed by atoms with Gasteiger partial charge in [-0.2, -0.15) is 5.10 Å². The van der Waals surface area contributed by atoms with E-state index in [9.17, 15) is 4.79 Å². The van der Waals surface area contributed by atoms with Crippen molar-refractivity contribution < 1.29 is 9.53 Å². The fraction of sp³-hybridized carbons (Fsp3) is 0.500. The number of hydrogen-bond acceptors (Lipinski definition) is 5. The van der Waals surface area contributed by atoms with Gasteiger partial charge in [0.2, 0.25) is 0 Å². The summed E-state index contributed by atoms with van der Waals surface area (Å²) in [5.74, 6) is 0.611. The van der Waals surface area contributed by atoms with Crippen LogP contribution in [0.3, 0.4) is 0 Å². The van der Waals surface area contributed by atoms with Crippen LogP contribution in [0.2, 0.25) is 0 Å². The van der Waals surface area contributed by atoms with Crippen molar-refractivity contribution in [3.63, 3.8) is 0 Å². The fourth-order valence-electron chi connectivity index (χ4n) is 3.26. The van der Waals surface area contributed by atoms with Crippen molar-refractivity contribution in [3.8, 4) is 0 Å². The summed E-state index contributed by atoms with van der Waals surface area (Å²) in [7, 11) is 0. The molecule has 2 aromatic heterocycles. The molecule has 0 spiro atoms.